The van der Waals surface area contributed by atoms with E-state index in [0.717, 1.165) is 36.0 Å². The van der Waals surface area contributed by atoms with Crippen LogP contribution in [0, 0.1) is 6.92 Å². The summed E-state index contributed by atoms with van der Waals surface area (Å²) in [4.78, 5) is 11.2. The molecule has 0 N–H and O–H groups in total. The van der Waals surface area contributed by atoms with Crippen molar-refractivity contribution in [2.24, 2.45) is 0 Å². The molecule has 0 spiro atoms. The van der Waals surface area contributed by atoms with E-state index in [2.05, 4.69) is 19.6 Å². The van der Waals surface area contributed by atoms with Crippen molar-refractivity contribution in [2.45, 2.75) is 52.4 Å². The van der Waals surface area contributed by atoms with E-state index < -0.39 is 0 Å². The molecule has 0 atom stereocenters. The van der Waals surface area contributed by atoms with Crippen molar-refractivity contribution in [1.82, 2.24) is 0 Å². The summed E-state index contributed by atoms with van der Waals surface area (Å²) < 4.78 is 5.87. The van der Waals surface area contributed by atoms with Crippen molar-refractivity contribution in [3.63, 3.8) is 0 Å². The highest BCUT2D eigenvalue weighted by Crippen LogP contribution is 2.26. The minimum absolute atomic E-state index is 0.649. The fourth-order valence-electron chi connectivity index (χ4n) is 2.33. The van der Waals surface area contributed by atoms with Gasteiger partial charge in [-0.15, -0.1) is 6.58 Å². The number of benzene rings is 1. The quantitative estimate of drug-likeness (QED) is 0.345. The van der Waals surface area contributed by atoms with Crippen LogP contribution < -0.4 is 4.74 Å². The third-order valence-corrected chi connectivity index (χ3v) is 3.32. The second-order valence-electron chi connectivity index (χ2n) is 5.22. The van der Waals surface area contributed by atoms with Crippen molar-refractivity contribution < 1.29 is 9.53 Å². The predicted octanol–water partition coefficient (Wildman–Crippen LogP) is 4.89. The number of allylic oxidation sites excluding steroid dienone is 1. The SMILES string of the molecule is C=CCc1cc(C)cc(C=O)c1OCCCCCCC. The van der Waals surface area contributed by atoms with Crippen LogP contribution in [0.5, 0.6) is 5.75 Å². The highest BCUT2D eigenvalue weighted by Gasteiger charge is 2.10. The van der Waals surface area contributed by atoms with Gasteiger partial charge in [0.05, 0.1) is 12.2 Å². The minimum atomic E-state index is 0.649. The Kier molecular flexibility index (Phi) is 7.71. The highest BCUT2D eigenvalue weighted by molar-refractivity contribution is 5.80. The van der Waals surface area contributed by atoms with Crippen LogP contribution in [0.15, 0.2) is 24.8 Å². The summed E-state index contributed by atoms with van der Waals surface area (Å²) in [5.74, 6) is 0.737. The second kappa shape index (κ2) is 9.35. The fraction of sp³-hybridized carbons (Fsp3) is 0.500. The molecule has 0 aliphatic heterocycles. The maximum absolute atomic E-state index is 11.2. The maximum Gasteiger partial charge on any atom is 0.153 e. The number of hydrogen-bond donors (Lipinski definition) is 0. The van der Waals surface area contributed by atoms with Crippen molar-refractivity contribution in [3.05, 3.63) is 41.5 Å². The Morgan fingerprint density at radius 2 is 1.95 bits per heavy atom. The van der Waals surface area contributed by atoms with Gasteiger partial charge < -0.3 is 4.74 Å². The third-order valence-electron chi connectivity index (χ3n) is 3.32. The number of ether oxygens (including phenoxy) is 1. The molecule has 0 bridgehead atoms. The molecule has 0 heterocycles. The molecule has 0 fully saturated rings. The number of carbonyl (C=O) groups is 1. The van der Waals surface area contributed by atoms with Gasteiger partial charge in [-0.2, -0.15) is 0 Å². The summed E-state index contributed by atoms with van der Waals surface area (Å²) in [5.41, 5.74) is 2.78. The van der Waals surface area contributed by atoms with Crippen LogP contribution >= 0.6 is 0 Å². The molecule has 110 valence electrons. The Labute approximate surface area is 122 Å². The first kappa shape index (κ1) is 16.5. The van der Waals surface area contributed by atoms with Gasteiger partial charge in [-0.3, -0.25) is 4.79 Å². The van der Waals surface area contributed by atoms with E-state index in [1.807, 2.05) is 19.1 Å². The molecule has 2 heteroatoms. The van der Waals surface area contributed by atoms with E-state index in [-0.39, 0.29) is 0 Å². The van der Waals surface area contributed by atoms with Gasteiger partial charge in [-0.05, 0) is 37.0 Å². The zero-order valence-electron chi connectivity index (χ0n) is 12.8. The van der Waals surface area contributed by atoms with E-state index >= 15 is 0 Å². The van der Waals surface area contributed by atoms with Gasteiger partial charge in [-0.1, -0.05) is 44.7 Å². The van der Waals surface area contributed by atoms with E-state index in [0.29, 0.717) is 12.2 Å². The number of aryl methyl sites for hydroxylation is 1. The Bertz CT molecular complexity index is 435. The van der Waals surface area contributed by atoms with Crippen molar-refractivity contribution in [2.75, 3.05) is 6.61 Å². The lowest BCUT2D eigenvalue weighted by atomic mass is 10.0. The van der Waals surface area contributed by atoms with Crippen LogP contribution in [-0.4, -0.2) is 12.9 Å². The number of hydrogen-bond acceptors (Lipinski definition) is 2. The first-order valence-electron chi connectivity index (χ1n) is 7.55. The minimum Gasteiger partial charge on any atom is -0.493 e. The number of rotatable bonds is 10. The Hall–Kier alpha value is -1.57. The van der Waals surface area contributed by atoms with Gasteiger partial charge in [-0.25, -0.2) is 0 Å². The molecule has 0 saturated carbocycles. The summed E-state index contributed by atoms with van der Waals surface area (Å²) in [7, 11) is 0. The Morgan fingerprint density at radius 3 is 2.60 bits per heavy atom. The Balaban J connectivity index is 2.66. The van der Waals surface area contributed by atoms with Crippen LogP contribution in [-0.2, 0) is 6.42 Å². The fourth-order valence-corrected chi connectivity index (χ4v) is 2.33. The summed E-state index contributed by atoms with van der Waals surface area (Å²) in [5, 5.41) is 0. The largest absolute Gasteiger partial charge is 0.493 e. The highest BCUT2D eigenvalue weighted by atomic mass is 16.5. The van der Waals surface area contributed by atoms with Gasteiger partial charge in [0, 0.05) is 0 Å². The van der Waals surface area contributed by atoms with Crippen molar-refractivity contribution in [1.29, 1.82) is 0 Å². The van der Waals surface area contributed by atoms with Crippen LogP contribution in [0.4, 0.5) is 0 Å². The molecule has 0 amide bonds. The topological polar surface area (TPSA) is 26.3 Å². The van der Waals surface area contributed by atoms with Gasteiger partial charge in [0.1, 0.15) is 5.75 Å². The van der Waals surface area contributed by atoms with Crippen LogP contribution in [0.2, 0.25) is 0 Å². The van der Waals surface area contributed by atoms with Crippen molar-refractivity contribution >= 4 is 6.29 Å². The molecule has 0 aliphatic rings. The van der Waals surface area contributed by atoms with E-state index in [1.54, 1.807) is 0 Å². The molecule has 2 nitrogen and oxygen atoms in total. The molecule has 0 unspecified atom stereocenters. The summed E-state index contributed by atoms with van der Waals surface area (Å²) in [6.07, 6.45) is 9.47. The van der Waals surface area contributed by atoms with Crippen molar-refractivity contribution in [3.8, 4) is 5.75 Å². The maximum atomic E-state index is 11.2. The number of aldehydes is 1. The second-order valence-corrected chi connectivity index (χ2v) is 5.22. The van der Waals surface area contributed by atoms with Crippen LogP contribution in [0.1, 0.15) is 60.5 Å². The normalized spacial score (nSPS) is 10.3. The lowest BCUT2D eigenvalue weighted by Crippen LogP contribution is -2.04. The lowest BCUT2D eigenvalue weighted by molar-refractivity contribution is 0.111. The molecule has 0 aliphatic carbocycles. The van der Waals surface area contributed by atoms with Gasteiger partial charge in [0.2, 0.25) is 0 Å². The zero-order chi connectivity index (χ0) is 14.8. The summed E-state index contributed by atoms with van der Waals surface area (Å²) >= 11 is 0. The van der Waals surface area contributed by atoms with E-state index in [4.69, 9.17) is 4.74 Å². The van der Waals surface area contributed by atoms with Gasteiger partial charge in [0.25, 0.3) is 0 Å². The first-order chi connectivity index (χ1) is 9.72. The molecule has 20 heavy (non-hydrogen) atoms. The van der Waals surface area contributed by atoms with Gasteiger partial charge in [0.15, 0.2) is 6.29 Å². The van der Waals surface area contributed by atoms with E-state index in [1.165, 1.54) is 25.7 Å². The standard InChI is InChI=1S/C18H26O2/c1-4-6-7-8-9-11-20-18-16(10-5-2)12-15(3)13-17(18)14-19/h5,12-14H,2,4,6-11H2,1,3H3. The number of unbranched alkanes of at least 4 members (excludes halogenated alkanes) is 4. The summed E-state index contributed by atoms with van der Waals surface area (Å²) in [6.45, 7) is 8.65. The predicted molar refractivity (Wildman–Crippen MR) is 84.7 cm³/mol. The lowest BCUT2D eigenvalue weighted by Gasteiger charge is -2.14. The zero-order valence-corrected chi connectivity index (χ0v) is 12.8. The molecular formula is C18H26O2. The smallest absolute Gasteiger partial charge is 0.153 e. The monoisotopic (exact) mass is 274 g/mol. The molecular weight excluding hydrogens is 248 g/mol. The van der Waals surface area contributed by atoms with Crippen LogP contribution in [0.3, 0.4) is 0 Å². The Morgan fingerprint density at radius 1 is 1.20 bits per heavy atom. The summed E-state index contributed by atoms with van der Waals surface area (Å²) in [6, 6.07) is 3.95. The average Bonchev–Trinajstić information content (AvgIpc) is 2.44. The molecule has 1 aromatic carbocycles. The first-order valence-corrected chi connectivity index (χ1v) is 7.55. The molecule has 1 aromatic rings. The third kappa shape index (κ3) is 5.20. The van der Waals surface area contributed by atoms with Gasteiger partial charge >= 0.3 is 0 Å². The molecule has 0 saturated heterocycles. The number of carbonyl (C=O) groups excluding carboxylic acids is 1. The molecule has 0 aromatic heterocycles. The average molecular weight is 274 g/mol. The molecule has 0 radical (unpaired) electrons. The molecule has 1 rings (SSSR count). The van der Waals surface area contributed by atoms with Crippen LogP contribution in [0.25, 0.3) is 0 Å². The van der Waals surface area contributed by atoms with E-state index in [9.17, 15) is 4.79 Å².